The smallest absolute Gasteiger partial charge is 0.259 e. The Hall–Kier alpha value is -1.44. The van der Waals surface area contributed by atoms with Crippen LogP contribution in [0.4, 0.5) is 0 Å². The molecule has 154 valence electrons. The molecule has 0 radical (unpaired) electrons. The molecular formula is C20H29ClN4O2S. The second-order valence-corrected chi connectivity index (χ2v) is 9.19. The van der Waals surface area contributed by atoms with Gasteiger partial charge in [-0.2, -0.15) is 0 Å². The number of amides is 1. The molecule has 3 heterocycles. The molecule has 0 unspecified atom stereocenters. The number of nitrogens with one attached hydrogen (secondary N) is 2. The van der Waals surface area contributed by atoms with E-state index in [2.05, 4.69) is 15.3 Å². The highest BCUT2D eigenvalue weighted by Crippen LogP contribution is 2.28. The van der Waals surface area contributed by atoms with Gasteiger partial charge in [-0.25, -0.2) is 4.98 Å². The molecule has 0 bridgehead atoms. The third kappa shape index (κ3) is 4.75. The minimum atomic E-state index is -0.0909. The standard InChI is InChI=1S/C20H28N4O2S.ClH/c1-12-13(2)27-20-18(12)19(26)22-16(23-20)5-6-17(25)24-9-7-15(8-10-24)21-11-14-3-4-14;/h14-15,21H,3-11H2,1-2H3,(H,22,23,26);1H. The Balaban J connectivity index is 0.00000225. The van der Waals surface area contributed by atoms with Crippen LogP contribution >= 0.6 is 23.7 Å². The number of aromatic amines is 1. The first-order valence-corrected chi connectivity index (χ1v) is 10.8. The molecule has 1 aliphatic heterocycles. The zero-order valence-electron chi connectivity index (χ0n) is 16.5. The molecule has 0 atom stereocenters. The molecule has 28 heavy (non-hydrogen) atoms. The largest absolute Gasteiger partial charge is 0.343 e. The predicted octanol–water partition coefficient (Wildman–Crippen LogP) is 2.95. The van der Waals surface area contributed by atoms with E-state index in [9.17, 15) is 9.59 Å². The van der Waals surface area contributed by atoms with Crippen molar-refractivity contribution in [3.8, 4) is 0 Å². The molecule has 0 aromatic carbocycles. The van der Waals surface area contributed by atoms with Crippen molar-refractivity contribution in [3.63, 3.8) is 0 Å². The van der Waals surface area contributed by atoms with Crippen LogP contribution in [0.15, 0.2) is 4.79 Å². The van der Waals surface area contributed by atoms with Gasteiger partial charge in [-0.05, 0) is 57.6 Å². The summed E-state index contributed by atoms with van der Waals surface area (Å²) < 4.78 is 0. The third-order valence-electron chi connectivity index (χ3n) is 5.90. The summed E-state index contributed by atoms with van der Waals surface area (Å²) in [7, 11) is 0. The molecule has 8 heteroatoms. The number of aromatic nitrogens is 2. The van der Waals surface area contributed by atoms with E-state index in [1.807, 2.05) is 18.7 Å². The van der Waals surface area contributed by atoms with E-state index in [0.717, 1.165) is 53.7 Å². The van der Waals surface area contributed by atoms with Crippen molar-refractivity contribution < 1.29 is 4.79 Å². The van der Waals surface area contributed by atoms with Gasteiger partial charge in [-0.3, -0.25) is 9.59 Å². The van der Waals surface area contributed by atoms with Gasteiger partial charge in [0.25, 0.3) is 5.56 Å². The number of halogens is 1. The first kappa shape index (κ1) is 21.3. The topological polar surface area (TPSA) is 78.1 Å². The fourth-order valence-corrected chi connectivity index (χ4v) is 4.84. The molecule has 1 saturated carbocycles. The molecule has 2 N–H and O–H groups in total. The molecule has 6 nitrogen and oxygen atoms in total. The van der Waals surface area contributed by atoms with Gasteiger partial charge >= 0.3 is 0 Å². The van der Waals surface area contributed by atoms with Crippen LogP contribution in [-0.4, -0.2) is 46.5 Å². The summed E-state index contributed by atoms with van der Waals surface area (Å²) in [6, 6.07) is 0.556. The number of hydrogen-bond acceptors (Lipinski definition) is 5. The number of fused-ring (bicyclic) bond motifs is 1. The van der Waals surface area contributed by atoms with Crippen LogP contribution < -0.4 is 10.9 Å². The van der Waals surface area contributed by atoms with Gasteiger partial charge in [0.2, 0.25) is 5.91 Å². The zero-order chi connectivity index (χ0) is 19.0. The van der Waals surface area contributed by atoms with Crippen molar-refractivity contribution in [2.45, 2.75) is 58.4 Å². The van der Waals surface area contributed by atoms with Crippen molar-refractivity contribution >= 4 is 39.9 Å². The second kappa shape index (κ2) is 8.93. The van der Waals surface area contributed by atoms with Crippen LogP contribution in [0.1, 0.15) is 48.4 Å². The first-order chi connectivity index (χ1) is 13.0. The lowest BCUT2D eigenvalue weighted by atomic mass is 10.0. The molecule has 2 aromatic rings. The van der Waals surface area contributed by atoms with Gasteiger partial charge in [0.05, 0.1) is 5.39 Å². The number of piperidine rings is 1. The van der Waals surface area contributed by atoms with Gasteiger partial charge < -0.3 is 15.2 Å². The van der Waals surface area contributed by atoms with Crippen LogP contribution in [0.25, 0.3) is 10.2 Å². The summed E-state index contributed by atoms with van der Waals surface area (Å²) in [6.45, 7) is 6.76. The van der Waals surface area contributed by atoms with E-state index in [4.69, 9.17) is 0 Å². The molecule has 1 saturated heterocycles. The van der Waals surface area contributed by atoms with Crippen LogP contribution in [0.2, 0.25) is 0 Å². The third-order valence-corrected chi connectivity index (χ3v) is 7.00. The lowest BCUT2D eigenvalue weighted by Crippen LogP contribution is -2.45. The Labute approximate surface area is 175 Å². The lowest BCUT2D eigenvalue weighted by molar-refractivity contribution is -0.132. The van der Waals surface area contributed by atoms with Crippen LogP contribution in [0.3, 0.4) is 0 Å². The van der Waals surface area contributed by atoms with Crippen molar-refractivity contribution in [1.82, 2.24) is 20.2 Å². The number of hydrogen-bond donors (Lipinski definition) is 2. The van der Waals surface area contributed by atoms with Gasteiger partial charge in [0.1, 0.15) is 10.7 Å². The van der Waals surface area contributed by atoms with Gasteiger partial charge in [-0.1, -0.05) is 0 Å². The fraction of sp³-hybridized carbons (Fsp3) is 0.650. The summed E-state index contributed by atoms with van der Waals surface area (Å²) in [6.07, 6.45) is 5.70. The summed E-state index contributed by atoms with van der Waals surface area (Å²) >= 11 is 1.55. The molecular weight excluding hydrogens is 396 g/mol. The fourth-order valence-electron chi connectivity index (χ4n) is 3.79. The number of thiophene rings is 1. The molecule has 1 aliphatic carbocycles. The Kier molecular flexibility index (Phi) is 6.78. The normalized spacial score (nSPS) is 17.7. The first-order valence-electron chi connectivity index (χ1n) is 10.0. The summed E-state index contributed by atoms with van der Waals surface area (Å²) in [5.41, 5.74) is 0.913. The molecule has 4 rings (SSSR count). The van der Waals surface area contributed by atoms with Gasteiger partial charge in [0.15, 0.2) is 0 Å². The summed E-state index contributed by atoms with van der Waals surface area (Å²) in [5.74, 6) is 1.67. The molecule has 2 aromatic heterocycles. The van der Waals surface area contributed by atoms with E-state index in [-0.39, 0.29) is 23.9 Å². The zero-order valence-corrected chi connectivity index (χ0v) is 18.2. The van der Waals surface area contributed by atoms with Crippen molar-refractivity contribution in [2.75, 3.05) is 19.6 Å². The summed E-state index contributed by atoms with van der Waals surface area (Å²) in [5, 5.41) is 4.33. The molecule has 0 spiro atoms. The maximum Gasteiger partial charge on any atom is 0.259 e. The van der Waals surface area contributed by atoms with Gasteiger partial charge in [-0.15, -0.1) is 23.7 Å². The molecule has 2 aliphatic rings. The Bertz CT molecular complexity index is 897. The minimum Gasteiger partial charge on any atom is -0.343 e. The van der Waals surface area contributed by atoms with E-state index in [1.165, 1.54) is 12.8 Å². The molecule has 1 amide bonds. The number of H-pyrrole nitrogens is 1. The lowest BCUT2D eigenvalue weighted by Gasteiger charge is -2.32. The van der Waals surface area contributed by atoms with Crippen LogP contribution in [0, 0.1) is 19.8 Å². The SMILES string of the molecule is Cc1sc2nc(CCC(=O)N3CCC(NCC4CC4)CC3)[nH]c(=O)c2c1C.Cl. The quantitative estimate of drug-likeness (QED) is 0.747. The highest BCUT2D eigenvalue weighted by Gasteiger charge is 2.26. The average Bonchev–Trinajstić information content (AvgIpc) is 3.44. The highest BCUT2D eigenvalue weighted by molar-refractivity contribution is 7.18. The van der Waals surface area contributed by atoms with Crippen LogP contribution in [0.5, 0.6) is 0 Å². The van der Waals surface area contributed by atoms with E-state index in [0.29, 0.717) is 30.1 Å². The maximum atomic E-state index is 12.5. The Morgan fingerprint density at radius 3 is 2.64 bits per heavy atom. The van der Waals surface area contributed by atoms with E-state index >= 15 is 0 Å². The second-order valence-electron chi connectivity index (χ2n) is 7.98. The van der Waals surface area contributed by atoms with Crippen LogP contribution in [-0.2, 0) is 11.2 Å². The Morgan fingerprint density at radius 2 is 1.96 bits per heavy atom. The van der Waals surface area contributed by atoms with Crippen molar-refractivity contribution in [1.29, 1.82) is 0 Å². The highest BCUT2D eigenvalue weighted by atomic mass is 35.5. The van der Waals surface area contributed by atoms with Crippen molar-refractivity contribution in [2.24, 2.45) is 5.92 Å². The average molecular weight is 425 g/mol. The minimum absolute atomic E-state index is 0. The predicted molar refractivity (Wildman–Crippen MR) is 116 cm³/mol. The Morgan fingerprint density at radius 1 is 1.25 bits per heavy atom. The number of carbonyl (C=O) groups is 1. The maximum absolute atomic E-state index is 12.5. The number of carbonyl (C=O) groups excluding carboxylic acids is 1. The van der Waals surface area contributed by atoms with E-state index in [1.54, 1.807) is 11.3 Å². The van der Waals surface area contributed by atoms with Crippen molar-refractivity contribution in [3.05, 3.63) is 26.6 Å². The molecule has 2 fully saturated rings. The summed E-state index contributed by atoms with van der Waals surface area (Å²) in [4.78, 5) is 36.2. The number of nitrogens with zero attached hydrogens (tertiary/aromatic N) is 2. The van der Waals surface area contributed by atoms with E-state index < -0.39 is 0 Å². The number of rotatable bonds is 6. The number of likely N-dealkylation sites (tertiary alicyclic amines) is 1. The monoisotopic (exact) mass is 424 g/mol. The van der Waals surface area contributed by atoms with Gasteiger partial charge in [0, 0.05) is 36.9 Å². The number of aryl methyl sites for hydroxylation is 3.